The normalized spacial score (nSPS) is 17.7. The van der Waals surface area contributed by atoms with Crippen molar-refractivity contribution < 1.29 is 26.7 Å². The van der Waals surface area contributed by atoms with Gasteiger partial charge in [-0.2, -0.15) is 13.2 Å². The van der Waals surface area contributed by atoms with Crippen LogP contribution in [-0.2, 0) is 6.18 Å². The summed E-state index contributed by atoms with van der Waals surface area (Å²) in [5.41, 5.74) is -0.450. The second kappa shape index (κ2) is 7.54. The minimum absolute atomic E-state index is 0.0501. The zero-order chi connectivity index (χ0) is 19.6. The van der Waals surface area contributed by atoms with Crippen LogP contribution >= 0.6 is 0 Å². The molecule has 2 aromatic carbocycles. The minimum atomic E-state index is -4.48. The van der Waals surface area contributed by atoms with E-state index in [0.717, 1.165) is 30.7 Å². The van der Waals surface area contributed by atoms with Crippen molar-refractivity contribution in [3.05, 3.63) is 65.2 Å². The van der Waals surface area contributed by atoms with E-state index in [1.807, 2.05) is 0 Å². The fourth-order valence-electron chi connectivity index (χ4n) is 3.26. The lowest BCUT2D eigenvalue weighted by Crippen LogP contribution is -2.41. The van der Waals surface area contributed by atoms with Gasteiger partial charge in [0.1, 0.15) is 11.6 Å². The van der Waals surface area contributed by atoms with E-state index in [9.17, 15) is 26.7 Å². The number of nitrogens with one attached hydrogen (secondary N) is 1. The Bertz CT molecular complexity index is 817. The molecule has 1 aliphatic rings. The van der Waals surface area contributed by atoms with E-state index in [1.165, 1.54) is 11.0 Å². The molecule has 1 heterocycles. The Morgan fingerprint density at radius 1 is 1.04 bits per heavy atom. The highest BCUT2D eigenvalue weighted by molar-refractivity contribution is 5.89. The van der Waals surface area contributed by atoms with Crippen LogP contribution < -0.4 is 5.32 Å². The second-order valence-corrected chi connectivity index (χ2v) is 6.42. The summed E-state index contributed by atoms with van der Waals surface area (Å²) in [5, 5.41) is 2.42. The topological polar surface area (TPSA) is 32.3 Å². The number of hydrogen-bond donors (Lipinski definition) is 1. The fraction of sp³-hybridized carbons (Fsp3) is 0.316. The van der Waals surface area contributed by atoms with Crippen LogP contribution in [0, 0.1) is 11.6 Å². The van der Waals surface area contributed by atoms with Crippen LogP contribution in [-0.4, -0.2) is 17.5 Å². The number of halogens is 5. The van der Waals surface area contributed by atoms with Crippen LogP contribution in [0.4, 0.5) is 32.4 Å². The predicted molar refractivity (Wildman–Crippen MR) is 90.1 cm³/mol. The third kappa shape index (κ3) is 4.56. The van der Waals surface area contributed by atoms with Crippen LogP contribution in [0.15, 0.2) is 42.5 Å². The summed E-state index contributed by atoms with van der Waals surface area (Å²) in [6.07, 6.45) is -2.51. The van der Waals surface area contributed by atoms with Gasteiger partial charge in [0.15, 0.2) is 0 Å². The van der Waals surface area contributed by atoms with Crippen LogP contribution in [0.5, 0.6) is 0 Å². The van der Waals surface area contributed by atoms with Gasteiger partial charge in [-0.15, -0.1) is 0 Å². The molecular formula is C19H17F5N2O. The molecule has 1 fully saturated rings. The average Bonchev–Trinajstić information content (AvgIpc) is 2.60. The van der Waals surface area contributed by atoms with Crippen molar-refractivity contribution in [1.29, 1.82) is 0 Å². The Balaban J connectivity index is 1.84. The molecule has 0 bridgehead atoms. The molecule has 144 valence electrons. The number of amides is 2. The molecule has 0 aliphatic carbocycles. The minimum Gasteiger partial charge on any atom is -0.317 e. The van der Waals surface area contributed by atoms with Crippen molar-refractivity contribution in [1.82, 2.24) is 4.90 Å². The van der Waals surface area contributed by atoms with Gasteiger partial charge in [0, 0.05) is 18.3 Å². The average molecular weight is 384 g/mol. The van der Waals surface area contributed by atoms with Gasteiger partial charge in [-0.3, -0.25) is 0 Å². The SMILES string of the molecule is O=C(Nc1cc(F)cc(F)c1)N1CCCCC1c1cccc(C(F)(F)F)c1. The van der Waals surface area contributed by atoms with Crippen LogP contribution in [0.3, 0.4) is 0 Å². The maximum absolute atomic E-state index is 13.3. The lowest BCUT2D eigenvalue weighted by molar-refractivity contribution is -0.137. The Morgan fingerprint density at radius 3 is 2.41 bits per heavy atom. The van der Waals surface area contributed by atoms with Gasteiger partial charge in [0.25, 0.3) is 0 Å². The summed E-state index contributed by atoms with van der Waals surface area (Å²) in [6, 6.07) is 6.36. The Kier molecular flexibility index (Phi) is 5.34. The molecule has 1 unspecified atom stereocenters. The number of urea groups is 1. The van der Waals surface area contributed by atoms with Crippen molar-refractivity contribution in [3.8, 4) is 0 Å². The van der Waals surface area contributed by atoms with Crippen LogP contribution in [0.1, 0.15) is 36.4 Å². The van der Waals surface area contributed by atoms with Gasteiger partial charge in [-0.25, -0.2) is 13.6 Å². The molecule has 3 nitrogen and oxygen atoms in total. The number of anilines is 1. The summed E-state index contributed by atoms with van der Waals surface area (Å²) < 4.78 is 65.6. The third-order valence-corrected chi connectivity index (χ3v) is 4.48. The van der Waals surface area contributed by atoms with Gasteiger partial charge in [0.05, 0.1) is 11.6 Å². The van der Waals surface area contributed by atoms with Crippen LogP contribution in [0.25, 0.3) is 0 Å². The largest absolute Gasteiger partial charge is 0.416 e. The van der Waals surface area contributed by atoms with E-state index in [2.05, 4.69) is 5.32 Å². The predicted octanol–water partition coefficient (Wildman–Crippen LogP) is 5.74. The van der Waals surface area contributed by atoms with Gasteiger partial charge in [-0.1, -0.05) is 12.1 Å². The highest BCUT2D eigenvalue weighted by atomic mass is 19.4. The number of rotatable bonds is 2. The molecule has 8 heteroatoms. The molecule has 2 aromatic rings. The second-order valence-electron chi connectivity index (χ2n) is 6.42. The number of alkyl halides is 3. The number of likely N-dealkylation sites (tertiary alicyclic amines) is 1. The summed E-state index contributed by atoms with van der Waals surface area (Å²) in [4.78, 5) is 14.0. The molecule has 0 spiro atoms. The molecule has 1 saturated heterocycles. The van der Waals surface area contributed by atoms with Crippen molar-refractivity contribution in [3.63, 3.8) is 0 Å². The molecule has 0 saturated carbocycles. The zero-order valence-electron chi connectivity index (χ0n) is 14.2. The summed E-state index contributed by atoms with van der Waals surface area (Å²) in [5.74, 6) is -1.67. The van der Waals surface area contributed by atoms with Crippen molar-refractivity contribution >= 4 is 11.7 Å². The molecular weight excluding hydrogens is 367 g/mol. The lowest BCUT2D eigenvalue weighted by Gasteiger charge is -2.36. The first-order valence-corrected chi connectivity index (χ1v) is 8.45. The molecule has 0 radical (unpaired) electrons. The number of hydrogen-bond acceptors (Lipinski definition) is 1. The number of carbonyl (C=O) groups is 1. The quantitative estimate of drug-likeness (QED) is 0.658. The highest BCUT2D eigenvalue weighted by Gasteiger charge is 2.33. The monoisotopic (exact) mass is 384 g/mol. The first-order valence-electron chi connectivity index (χ1n) is 8.45. The van der Waals surface area contributed by atoms with Crippen molar-refractivity contribution in [2.24, 2.45) is 0 Å². The maximum Gasteiger partial charge on any atom is 0.416 e. The van der Waals surface area contributed by atoms with E-state index in [0.29, 0.717) is 31.0 Å². The Hall–Kier alpha value is -2.64. The third-order valence-electron chi connectivity index (χ3n) is 4.48. The summed E-state index contributed by atoms with van der Waals surface area (Å²) >= 11 is 0. The number of piperidine rings is 1. The Morgan fingerprint density at radius 2 is 1.74 bits per heavy atom. The molecule has 0 aromatic heterocycles. The van der Waals surface area contributed by atoms with E-state index >= 15 is 0 Å². The van der Waals surface area contributed by atoms with Gasteiger partial charge in [-0.05, 0) is 49.1 Å². The highest BCUT2D eigenvalue weighted by Crippen LogP contribution is 2.35. The maximum atomic E-state index is 13.3. The van der Waals surface area contributed by atoms with E-state index < -0.39 is 35.4 Å². The molecule has 3 rings (SSSR count). The Labute approximate surface area is 152 Å². The van der Waals surface area contributed by atoms with E-state index in [-0.39, 0.29) is 5.69 Å². The molecule has 1 aliphatic heterocycles. The molecule has 27 heavy (non-hydrogen) atoms. The zero-order valence-corrected chi connectivity index (χ0v) is 14.2. The number of carbonyl (C=O) groups excluding carboxylic acids is 1. The van der Waals surface area contributed by atoms with Crippen LogP contribution in [0.2, 0.25) is 0 Å². The fourth-order valence-corrected chi connectivity index (χ4v) is 3.26. The van der Waals surface area contributed by atoms with Gasteiger partial charge in [0.2, 0.25) is 0 Å². The summed E-state index contributed by atoms with van der Waals surface area (Å²) in [6.45, 7) is 0.338. The summed E-state index contributed by atoms with van der Waals surface area (Å²) in [7, 11) is 0. The molecule has 1 atom stereocenters. The molecule has 1 N–H and O–H groups in total. The smallest absolute Gasteiger partial charge is 0.317 e. The van der Waals surface area contributed by atoms with E-state index in [4.69, 9.17) is 0 Å². The van der Waals surface area contributed by atoms with Crippen molar-refractivity contribution in [2.75, 3.05) is 11.9 Å². The number of benzene rings is 2. The lowest BCUT2D eigenvalue weighted by atomic mass is 9.94. The molecule has 2 amide bonds. The standard InChI is InChI=1S/C19H17F5N2O/c20-14-9-15(21)11-16(10-14)25-18(27)26-7-2-1-6-17(26)12-4-3-5-13(8-12)19(22,23)24/h3-5,8-11,17H,1-2,6-7H2,(H,25,27). The van der Waals surface area contributed by atoms with Gasteiger partial charge < -0.3 is 10.2 Å². The first kappa shape index (κ1) is 19.1. The first-order chi connectivity index (χ1) is 12.7. The van der Waals surface area contributed by atoms with Crippen molar-refractivity contribution in [2.45, 2.75) is 31.5 Å². The number of nitrogens with zero attached hydrogens (tertiary/aromatic N) is 1. The van der Waals surface area contributed by atoms with E-state index in [1.54, 1.807) is 6.07 Å². The van der Waals surface area contributed by atoms with Gasteiger partial charge >= 0.3 is 12.2 Å².